The van der Waals surface area contributed by atoms with Gasteiger partial charge in [-0.05, 0) is 31.5 Å². The fourth-order valence-electron chi connectivity index (χ4n) is 4.14. The number of ether oxygens (including phenoxy) is 1. The van der Waals surface area contributed by atoms with Crippen LogP contribution in [0, 0.1) is 6.92 Å². The summed E-state index contributed by atoms with van der Waals surface area (Å²) in [6.45, 7) is 6.91. The van der Waals surface area contributed by atoms with Gasteiger partial charge >= 0.3 is 0 Å². The van der Waals surface area contributed by atoms with Crippen LogP contribution in [0.5, 0.6) is 5.75 Å². The van der Waals surface area contributed by atoms with E-state index in [0.29, 0.717) is 55.0 Å². The number of aryl methyl sites for hydroxylation is 2. The highest BCUT2D eigenvalue weighted by atomic mass is 16.5. The maximum absolute atomic E-state index is 13.4. The van der Waals surface area contributed by atoms with E-state index in [4.69, 9.17) is 9.15 Å². The predicted octanol–water partition coefficient (Wildman–Crippen LogP) is 3.28. The topological polar surface area (TPSA) is 67.9 Å². The molecule has 0 bridgehead atoms. The zero-order valence-corrected chi connectivity index (χ0v) is 17.7. The number of hydrogen-bond donors (Lipinski definition) is 0. The van der Waals surface area contributed by atoms with Crippen molar-refractivity contribution in [2.45, 2.75) is 26.8 Å². The van der Waals surface area contributed by atoms with Crippen LogP contribution in [0.25, 0.3) is 11.0 Å². The Morgan fingerprint density at radius 1 is 1.13 bits per heavy atom. The zero-order valence-electron chi connectivity index (χ0n) is 17.7. The molecule has 7 heteroatoms. The van der Waals surface area contributed by atoms with Gasteiger partial charge in [0, 0.05) is 38.9 Å². The molecule has 7 nitrogen and oxygen atoms in total. The Balaban J connectivity index is 1.59. The van der Waals surface area contributed by atoms with Gasteiger partial charge in [0.05, 0.1) is 23.7 Å². The van der Waals surface area contributed by atoms with E-state index in [-0.39, 0.29) is 11.5 Å². The molecule has 0 spiro atoms. The van der Waals surface area contributed by atoms with E-state index < -0.39 is 0 Å². The van der Waals surface area contributed by atoms with Gasteiger partial charge in [-0.25, -0.2) is 0 Å². The molecular formula is C23H27N3O4. The highest BCUT2D eigenvalue weighted by Gasteiger charge is 2.29. The molecule has 4 rings (SSSR count). The molecule has 0 N–H and O–H groups in total. The molecule has 3 heterocycles. The molecule has 0 saturated carbocycles. The number of nitrogens with zero attached hydrogens (tertiary/aromatic N) is 3. The third-order valence-corrected chi connectivity index (χ3v) is 5.66. The van der Waals surface area contributed by atoms with Crippen LogP contribution in [-0.2, 0) is 6.54 Å². The number of para-hydroxylation sites is 2. The fraction of sp³-hybridized carbons (Fsp3) is 0.391. The number of carbonyl (C=O) groups excluding carboxylic acids is 1. The third-order valence-electron chi connectivity index (χ3n) is 5.66. The summed E-state index contributed by atoms with van der Waals surface area (Å²) in [5.41, 5.74) is 1.73. The minimum absolute atomic E-state index is 0.141. The second-order valence-corrected chi connectivity index (χ2v) is 7.54. The molecule has 1 amide bonds. The third kappa shape index (κ3) is 3.44. The monoisotopic (exact) mass is 409 g/mol. The van der Waals surface area contributed by atoms with Crippen LogP contribution in [0.2, 0.25) is 0 Å². The first-order valence-corrected chi connectivity index (χ1v) is 10.3. The Morgan fingerprint density at radius 3 is 2.57 bits per heavy atom. The summed E-state index contributed by atoms with van der Waals surface area (Å²) in [5, 5.41) is 0.389. The number of anilines is 1. The normalized spacial score (nSPS) is 14.4. The molecule has 0 radical (unpaired) electrons. The van der Waals surface area contributed by atoms with Crippen LogP contribution in [0.3, 0.4) is 0 Å². The molecular weight excluding hydrogens is 382 g/mol. The number of fused-ring (bicyclic) bond motifs is 1. The van der Waals surface area contributed by atoms with Crippen molar-refractivity contribution in [1.82, 2.24) is 9.47 Å². The van der Waals surface area contributed by atoms with Crippen LogP contribution >= 0.6 is 0 Å². The highest BCUT2D eigenvalue weighted by Crippen LogP contribution is 2.29. The standard InChI is InChI=1S/C23H27N3O4/c1-4-10-25-11-9-19-21(23(25)28)20(16(2)30-19)22(27)26-14-12-24(13-15-26)17-7-5-6-8-18(17)29-3/h5-9,11H,4,10,12-15H2,1-3H3. The van der Waals surface area contributed by atoms with E-state index in [2.05, 4.69) is 4.90 Å². The lowest BCUT2D eigenvalue weighted by atomic mass is 10.1. The van der Waals surface area contributed by atoms with Gasteiger partial charge < -0.3 is 23.5 Å². The number of furan rings is 1. The second-order valence-electron chi connectivity index (χ2n) is 7.54. The van der Waals surface area contributed by atoms with Gasteiger partial charge in [0.2, 0.25) is 0 Å². The molecule has 1 aromatic carbocycles. The van der Waals surface area contributed by atoms with Gasteiger partial charge in [-0.1, -0.05) is 19.1 Å². The van der Waals surface area contributed by atoms with Crippen molar-refractivity contribution in [1.29, 1.82) is 0 Å². The van der Waals surface area contributed by atoms with E-state index in [1.807, 2.05) is 31.2 Å². The van der Waals surface area contributed by atoms with Gasteiger partial charge in [0.25, 0.3) is 11.5 Å². The second kappa shape index (κ2) is 8.26. The summed E-state index contributed by atoms with van der Waals surface area (Å²) in [7, 11) is 1.66. The highest BCUT2D eigenvalue weighted by molar-refractivity contribution is 6.07. The Labute approximate surface area is 175 Å². The first-order valence-electron chi connectivity index (χ1n) is 10.3. The first kappa shape index (κ1) is 20.1. The summed E-state index contributed by atoms with van der Waals surface area (Å²) in [6.07, 6.45) is 2.58. The van der Waals surface area contributed by atoms with E-state index in [1.165, 1.54) is 0 Å². The number of pyridine rings is 1. The number of amides is 1. The summed E-state index contributed by atoms with van der Waals surface area (Å²) in [4.78, 5) is 30.3. The van der Waals surface area contributed by atoms with Crippen LogP contribution in [-0.4, -0.2) is 48.7 Å². The smallest absolute Gasteiger partial charge is 0.262 e. The van der Waals surface area contributed by atoms with Crippen LogP contribution in [0.4, 0.5) is 5.69 Å². The van der Waals surface area contributed by atoms with Crippen molar-refractivity contribution >= 4 is 22.6 Å². The van der Waals surface area contributed by atoms with Crippen molar-refractivity contribution in [2.75, 3.05) is 38.2 Å². The maximum Gasteiger partial charge on any atom is 0.262 e. The van der Waals surface area contributed by atoms with Gasteiger partial charge in [0.1, 0.15) is 17.1 Å². The van der Waals surface area contributed by atoms with Gasteiger partial charge in [-0.3, -0.25) is 9.59 Å². The molecule has 158 valence electrons. The predicted molar refractivity (Wildman–Crippen MR) is 117 cm³/mol. The number of carbonyl (C=O) groups is 1. The number of benzene rings is 1. The number of rotatable bonds is 5. The Morgan fingerprint density at radius 2 is 1.87 bits per heavy atom. The van der Waals surface area contributed by atoms with Crippen molar-refractivity contribution in [3.63, 3.8) is 0 Å². The largest absolute Gasteiger partial charge is 0.495 e. The molecule has 0 aliphatic carbocycles. The SMILES string of the molecule is CCCn1ccc2oc(C)c(C(=O)N3CCN(c4ccccc4OC)CC3)c2c1=O. The van der Waals surface area contributed by atoms with Crippen molar-refractivity contribution in [3.05, 3.63) is 58.2 Å². The average molecular weight is 409 g/mol. The molecule has 1 saturated heterocycles. The Hall–Kier alpha value is -3.22. The van der Waals surface area contributed by atoms with Crippen molar-refractivity contribution < 1.29 is 13.9 Å². The fourth-order valence-corrected chi connectivity index (χ4v) is 4.14. The summed E-state index contributed by atoms with van der Waals surface area (Å²) in [5.74, 6) is 1.18. The molecule has 1 fully saturated rings. The molecule has 0 atom stereocenters. The average Bonchev–Trinajstić information content (AvgIpc) is 3.12. The van der Waals surface area contributed by atoms with E-state index in [0.717, 1.165) is 17.9 Å². The Bertz CT molecular complexity index is 1120. The number of aromatic nitrogens is 1. The molecule has 2 aromatic heterocycles. The number of piperazine rings is 1. The van der Waals surface area contributed by atoms with E-state index >= 15 is 0 Å². The molecule has 1 aliphatic heterocycles. The lowest BCUT2D eigenvalue weighted by Gasteiger charge is -2.36. The first-order chi connectivity index (χ1) is 14.5. The molecule has 1 aliphatic rings. The van der Waals surface area contributed by atoms with Crippen molar-refractivity contribution in [2.24, 2.45) is 0 Å². The van der Waals surface area contributed by atoms with Crippen LogP contribution in [0.1, 0.15) is 29.5 Å². The lowest BCUT2D eigenvalue weighted by molar-refractivity contribution is 0.0746. The van der Waals surface area contributed by atoms with E-state index in [1.54, 1.807) is 35.8 Å². The summed E-state index contributed by atoms with van der Waals surface area (Å²) >= 11 is 0. The van der Waals surface area contributed by atoms with E-state index in [9.17, 15) is 9.59 Å². The minimum Gasteiger partial charge on any atom is -0.495 e. The van der Waals surface area contributed by atoms with Crippen molar-refractivity contribution in [3.8, 4) is 5.75 Å². The quantitative estimate of drug-likeness (QED) is 0.647. The van der Waals surface area contributed by atoms with Gasteiger partial charge in [0.15, 0.2) is 0 Å². The lowest BCUT2D eigenvalue weighted by Crippen LogP contribution is -2.49. The maximum atomic E-state index is 13.4. The van der Waals surface area contributed by atoms with Gasteiger partial charge in [-0.15, -0.1) is 0 Å². The molecule has 3 aromatic rings. The summed E-state index contributed by atoms with van der Waals surface area (Å²) in [6, 6.07) is 9.67. The van der Waals surface area contributed by atoms with Crippen LogP contribution < -0.4 is 15.2 Å². The zero-order chi connectivity index (χ0) is 21.3. The Kier molecular flexibility index (Phi) is 5.53. The summed E-state index contributed by atoms with van der Waals surface area (Å²) < 4.78 is 12.9. The minimum atomic E-state index is -0.165. The van der Waals surface area contributed by atoms with Crippen LogP contribution in [0.15, 0.2) is 45.7 Å². The van der Waals surface area contributed by atoms with Gasteiger partial charge in [-0.2, -0.15) is 0 Å². The number of hydrogen-bond acceptors (Lipinski definition) is 5. The number of methoxy groups -OCH3 is 1. The molecule has 0 unspecified atom stereocenters. The molecule has 30 heavy (non-hydrogen) atoms.